The third-order valence-electron chi connectivity index (χ3n) is 3.65. The Labute approximate surface area is 91.7 Å². The highest BCUT2D eigenvalue weighted by atomic mass is 15.1. The first-order chi connectivity index (χ1) is 7.13. The molecule has 0 radical (unpaired) electrons. The van der Waals surface area contributed by atoms with Crippen molar-refractivity contribution in [2.24, 2.45) is 5.73 Å². The van der Waals surface area contributed by atoms with Crippen LogP contribution in [0.5, 0.6) is 0 Å². The highest BCUT2D eigenvalue weighted by Crippen LogP contribution is 2.35. The Morgan fingerprint density at radius 3 is 2.67 bits per heavy atom. The molecule has 1 unspecified atom stereocenters. The molecule has 1 aromatic rings. The van der Waals surface area contributed by atoms with Gasteiger partial charge in [-0.15, -0.1) is 0 Å². The van der Waals surface area contributed by atoms with E-state index in [0.29, 0.717) is 0 Å². The molecule has 0 amide bonds. The molecule has 1 atom stereocenters. The number of nitrogens with two attached hydrogens (primary N) is 1. The topological polar surface area (TPSA) is 43.8 Å². The van der Waals surface area contributed by atoms with Crippen molar-refractivity contribution in [1.82, 2.24) is 9.55 Å². The van der Waals surface area contributed by atoms with Gasteiger partial charge >= 0.3 is 0 Å². The zero-order chi connectivity index (χ0) is 10.9. The molecule has 15 heavy (non-hydrogen) atoms. The van der Waals surface area contributed by atoms with E-state index < -0.39 is 0 Å². The van der Waals surface area contributed by atoms with Gasteiger partial charge in [-0.1, -0.05) is 19.3 Å². The van der Waals surface area contributed by atoms with Gasteiger partial charge in [0.25, 0.3) is 0 Å². The lowest BCUT2D eigenvalue weighted by Gasteiger charge is -2.36. The number of imidazole rings is 1. The van der Waals surface area contributed by atoms with Crippen LogP contribution in [0.4, 0.5) is 0 Å². The molecule has 0 aromatic carbocycles. The number of hydrogen-bond acceptors (Lipinski definition) is 2. The Hall–Kier alpha value is -0.830. The van der Waals surface area contributed by atoms with E-state index in [1.807, 2.05) is 19.4 Å². The third-order valence-corrected chi connectivity index (χ3v) is 3.65. The second-order valence-electron chi connectivity index (χ2n) is 5.03. The van der Waals surface area contributed by atoms with Crippen LogP contribution >= 0.6 is 0 Å². The van der Waals surface area contributed by atoms with E-state index in [9.17, 15) is 0 Å². The van der Waals surface area contributed by atoms with E-state index in [4.69, 9.17) is 5.73 Å². The van der Waals surface area contributed by atoms with Crippen molar-refractivity contribution in [2.75, 3.05) is 0 Å². The third kappa shape index (κ3) is 1.93. The molecular weight excluding hydrogens is 186 g/mol. The van der Waals surface area contributed by atoms with Gasteiger partial charge in [0.15, 0.2) is 0 Å². The van der Waals surface area contributed by atoms with E-state index in [1.54, 1.807) is 0 Å². The van der Waals surface area contributed by atoms with E-state index in [-0.39, 0.29) is 11.6 Å². The summed E-state index contributed by atoms with van der Waals surface area (Å²) in [6.07, 6.45) is 10.4. The highest BCUT2D eigenvalue weighted by molar-refractivity contribution is 5.08. The number of aromatic nitrogens is 2. The van der Waals surface area contributed by atoms with Crippen LogP contribution in [0.1, 0.15) is 57.7 Å². The van der Waals surface area contributed by atoms with Gasteiger partial charge < -0.3 is 10.3 Å². The maximum Gasteiger partial charge on any atom is 0.0953 e. The zero-order valence-corrected chi connectivity index (χ0v) is 9.74. The average Bonchev–Trinajstić information content (AvgIpc) is 2.67. The SMILES string of the molecule is CC(N)c1cncn1C1(C)CCCCC1. The van der Waals surface area contributed by atoms with Crippen molar-refractivity contribution < 1.29 is 0 Å². The predicted molar refractivity (Wildman–Crippen MR) is 61.6 cm³/mol. The van der Waals surface area contributed by atoms with Crippen LogP contribution in [-0.4, -0.2) is 9.55 Å². The Balaban J connectivity index is 2.30. The van der Waals surface area contributed by atoms with Crippen LogP contribution in [0.15, 0.2) is 12.5 Å². The molecule has 2 rings (SSSR count). The van der Waals surface area contributed by atoms with E-state index in [0.717, 1.165) is 0 Å². The van der Waals surface area contributed by atoms with Crippen molar-refractivity contribution in [3.63, 3.8) is 0 Å². The number of nitrogens with zero attached hydrogens (tertiary/aromatic N) is 2. The summed E-state index contributed by atoms with van der Waals surface area (Å²) in [5.74, 6) is 0. The standard InChI is InChI=1S/C12H21N3/c1-10(13)11-8-14-9-15(11)12(2)6-4-3-5-7-12/h8-10H,3-7,13H2,1-2H3. The largest absolute Gasteiger partial charge is 0.327 e. The van der Waals surface area contributed by atoms with Gasteiger partial charge in [-0.2, -0.15) is 0 Å². The summed E-state index contributed by atoms with van der Waals surface area (Å²) in [5, 5.41) is 0. The Morgan fingerprint density at radius 2 is 2.07 bits per heavy atom. The van der Waals surface area contributed by atoms with Gasteiger partial charge in [-0.3, -0.25) is 0 Å². The first kappa shape index (κ1) is 10.7. The van der Waals surface area contributed by atoms with E-state index in [2.05, 4.69) is 16.5 Å². The molecule has 0 spiro atoms. The van der Waals surface area contributed by atoms with Crippen LogP contribution in [0.25, 0.3) is 0 Å². The highest BCUT2D eigenvalue weighted by Gasteiger charge is 2.30. The van der Waals surface area contributed by atoms with Crippen LogP contribution < -0.4 is 5.73 Å². The normalized spacial score (nSPS) is 22.6. The van der Waals surface area contributed by atoms with Crippen LogP contribution in [0, 0.1) is 0 Å². The second kappa shape index (κ2) is 3.97. The molecular formula is C12H21N3. The molecule has 1 saturated carbocycles. The van der Waals surface area contributed by atoms with Crippen molar-refractivity contribution in [1.29, 1.82) is 0 Å². The fraction of sp³-hybridized carbons (Fsp3) is 0.750. The summed E-state index contributed by atoms with van der Waals surface area (Å²) in [6, 6.07) is 0.0752. The molecule has 1 fully saturated rings. The van der Waals surface area contributed by atoms with Crippen LogP contribution in [0.2, 0.25) is 0 Å². The molecule has 84 valence electrons. The van der Waals surface area contributed by atoms with Crippen LogP contribution in [0.3, 0.4) is 0 Å². The van der Waals surface area contributed by atoms with Gasteiger partial charge in [-0.25, -0.2) is 4.98 Å². The quantitative estimate of drug-likeness (QED) is 0.810. The zero-order valence-electron chi connectivity index (χ0n) is 9.74. The molecule has 1 aromatic heterocycles. The first-order valence-corrected chi connectivity index (χ1v) is 5.92. The summed E-state index contributed by atoms with van der Waals surface area (Å²) < 4.78 is 2.30. The smallest absolute Gasteiger partial charge is 0.0953 e. The molecule has 0 bridgehead atoms. The fourth-order valence-corrected chi connectivity index (χ4v) is 2.65. The van der Waals surface area contributed by atoms with Crippen molar-refractivity contribution in [3.8, 4) is 0 Å². The van der Waals surface area contributed by atoms with Crippen molar-refractivity contribution in [2.45, 2.75) is 57.5 Å². The summed E-state index contributed by atoms with van der Waals surface area (Å²) in [7, 11) is 0. The maximum absolute atomic E-state index is 5.96. The molecule has 3 nitrogen and oxygen atoms in total. The monoisotopic (exact) mass is 207 g/mol. The minimum absolute atomic E-state index is 0.0752. The van der Waals surface area contributed by atoms with Gasteiger partial charge in [0.1, 0.15) is 0 Å². The molecule has 2 N–H and O–H groups in total. The lowest BCUT2D eigenvalue weighted by atomic mass is 9.83. The van der Waals surface area contributed by atoms with E-state index in [1.165, 1.54) is 37.8 Å². The Bertz CT molecular complexity index is 321. The molecule has 1 aliphatic carbocycles. The summed E-state index contributed by atoms with van der Waals surface area (Å²) in [4.78, 5) is 4.25. The van der Waals surface area contributed by atoms with Crippen molar-refractivity contribution in [3.05, 3.63) is 18.2 Å². The van der Waals surface area contributed by atoms with Gasteiger partial charge in [-0.05, 0) is 26.7 Å². The second-order valence-corrected chi connectivity index (χ2v) is 5.03. The lowest BCUT2D eigenvalue weighted by molar-refractivity contribution is 0.211. The fourth-order valence-electron chi connectivity index (χ4n) is 2.65. The van der Waals surface area contributed by atoms with Gasteiger partial charge in [0, 0.05) is 17.8 Å². The Morgan fingerprint density at radius 1 is 1.40 bits per heavy atom. The van der Waals surface area contributed by atoms with Gasteiger partial charge in [0.05, 0.1) is 12.0 Å². The molecule has 1 aliphatic rings. The first-order valence-electron chi connectivity index (χ1n) is 5.92. The molecule has 1 heterocycles. The lowest BCUT2D eigenvalue weighted by Crippen LogP contribution is -2.34. The molecule has 3 heteroatoms. The average molecular weight is 207 g/mol. The number of rotatable bonds is 2. The van der Waals surface area contributed by atoms with Gasteiger partial charge in [0.2, 0.25) is 0 Å². The minimum Gasteiger partial charge on any atom is -0.327 e. The van der Waals surface area contributed by atoms with Crippen LogP contribution in [-0.2, 0) is 5.54 Å². The van der Waals surface area contributed by atoms with Crippen molar-refractivity contribution >= 4 is 0 Å². The number of hydrogen-bond donors (Lipinski definition) is 1. The molecule has 0 saturated heterocycles. The maximum atomic E-state index is 5.96. The summed E-state index contributed by atoms with van der Waals surface area (Å²) in [6.45, 7) is 4.36. The summed E-state index contributed by atoms with van der Waals surface area (Å²) in [5.41, 5.74) is 7.38. The predicted octanol–water partition coefficient (Wildman–Crippen LogP) is 2.58. The summed E-state index contributed by atoms with van der Waals surface area (Å²) >= 11 is 0. The minimum atomic E-state index is 0.0752. The molecule has 0 aliphatic heterocycles. The van der Waals surface area contributed by atoms with E-state index >= 15 is 0 Å². The Kier molecular flexibility index (Phi) is 2.83.